The number of anilines is 1. The fourth-order valence-electron chi connectivity index (χ4n) is 1.67. The molecule has 6 heteroatoms. The largest absolute Gasteiger partial charge is 0.373 e. The van der Waals surface area contributed by atoms with Crippen LogP contribution in [-0.2, 0) is 11.3 Å². The third-order valence-electron chi connectivity index (χ3n) is 2.72. The summed E-state index contributed by atoms with van der Waals surface area (Å²) in [4.78, 5) is 18.0. The molecule has 0 spiro atoms. The Kier molecular flexibility index (Phi) is 6.75. The Morgan fingerprint density at radius 2 is 2.15 bits per heavy atom. The van der Waals surface area contributed by atoms with Gasteiger partial charge in [0, 0.05) is 20.1 Å². The molecule has 1 rings (SSSR count). The lowest BCUT2D eigenvalue weighted by Crippen LogP contribution is -2.36. The number of nitrogens with zero attached hydrogens (tertiary/aromatic N) is 2. The Bertz CT molecular complexity index is 451. The maximum absolute atomic E-state index is 11.7. The van der Waals surface area contributed by atoms with E-state index in [1.807, 2.05) is 31.1 Å². The van der Waals surface area contributed by atoms with Gasteiger partial charge < -0.3 is 10.6 Å². The highest BCUT2D eigenvalue weighted by Crippen LogP contribution is 2.17. The van der Waals surface area contributed by atoms with Gasteiger partial charge in [0.2, 0.25) is 5.91 Å². The number of carbonyl (C=O) groups is 1. The first-order valence-electron chi connectivity index (χ1n) is 6.70. The predicted octanol–water partition coefficient (Wildman–Crippen LogP) is 1.98. The lowest BCUT2D eigenvalue weighted by atomic mass is 10.2. The zero-order valence-electron chi connectivity index (χ0n) is 12.5. The molecule has 1 aromatic rings. The van der Waals surface area contributed by atoms with Gasteiger partial charge in [-0.3, -0.25) is 9.69 Å². The van der Waals surface area contributed by atoms with Crippen LogP contribution in [0.25, 0.3) is 0 Å². The highest BCUT2D eigenvalue weighted by molar-refractivity contribution is 6.31. The Hall–Kier alpha value is -1.33. The molecule has 112 valence electrons. The molecule has 1 heterocycles. The molecule has 20 heavy (non-hydrogen) atoms. The number of carbonyl (C=O) groups excluding carboxylic acids is 1. The highest BCUT2D eigenvalue weighted by atomic mass is 35.5. The van der Waals surface area contributed by atoms with Crippen molar-refractivity contribution in [3.63, 3.8) is 0 Å². The molecule has 0 saturated carbocycles. The predicted molar refractivity (Wildman–Crippen MR) is 83.0 cm³/mol. The van der Waals surface area contributed by atoms with Crippen LogP contribution in [0.4, 0.5) is 5.82 Å². The summed E-state index contributed by atoms with van der Waals surface area (Å²) in [5.74, 6) is 1.23. The molecular formula is C14H23ClN4O. The zero-order valence-corrected chi connectivity index (χ0v) is 13.3. The number of aromatic nitrogens is 1. The summed E-state index contributed by atoms with van der Waals surface area (Å²) < 4.78 is 0. The van der Waals surface area contributed by atoms with Crippen LogP contribution in [-0.4, -0.2) is 43.0 Å². The summed E-state index contributed by atoms with van der Waals surface area (Å²) >= 11 is 6.12. The molecule has 0 aliphatic heterocycles. The van der Waals surface area contributed by atoms with Crippen LogP contribution in [0.2, 0.25) is 5.02 Å². The first-order valence-corrected chi connectivity index (χ1v) is 7.08. The van der Waals surface area contributed by atoms with E-state index in [9.17, 15) is 4.79 Å². The normalized spacial score (nSPS) is 10.9. The van der Waals surface area contributed by atoms with E-state index in [2.05, 4.69) is 29.5 Å². The van der Waals surface area contributed by atoms with Crippen molar-refractivity contribution in [3.05, 3.63) is 22.8 Å². The molecule has 0 fully saturated rings. The monoisotopic (exact) mass is 298 g/mol. The van der Waals surface area contributed by atoms with Crippen LogP contribution in [0, 0.1) is 5.92 Å². The third-order valence-corrected chi connectivity index (χ3v) is 3.06. The van der Waals surface area contributed by atoms with Gasteiger partial charge in [-0.2, -0.15) is 0 Å². The van der Waals surface area contributed by atoms with Gasteiger partial charge in [-0.05, 0) is 25.1 Å². The summed E-state index contributed by atoms with van der Waals surface area (Å²) in [6.45, 7) is 5.69. The van der Waals surface area contributed by atoms with Crippen molar-refractivity contribution in [2.45, 2.75) is 20.4 Å². The van der Waals surface area contributed by atoms with E-state index in [-0.39, 0.29) is 5.91 Å². The summed E-state index contributed by atoms with van der Waals surface area (Å²) in [5.41, 5.74) is 0.762. The molecule has 1 amide bonds. The minimum atomic E-state index is 0.0158. The van der Waals surface area contributed by atoms with Crippen LogP contribution in [0.3, 0.4) is 0 Å². The van der Waals surface area contributed by atoms with Crippen LogP contribution in [0.5, 0.6) is 0 Å². The lowest BCUT2D eigenvalue weighted by molar-refractivity contribution is -0.122. The van der Waals surface area contributed by atoms with Crippen molar-refractivity contribution in [2.24, 2.45) is 5.92 Å². The van der Waals surface area contributed by atoms with Gasteiger partial charge in [0.1, 0.15) is 5.82 Å². The third kappa shape index (κ3) is 5.75. The minimum Gasteiger partial charge on any atom is -0.373 e. The number of amides is 1. The van der Waals surface area contributed by atoms with Crippen LogP contribution >= 0.6 is 11.6 Å². The molecule has 0 unspecified atom stereocenters. The number of hydrogen-bond acceptors (Lipinski definition) is 4. The summed E-state index contributed by atoms with van der Waals surface area (Å²) in [6.07, 6.45) is 0. The molecular weight excluding hydrogens is 276 g/mol. The number of hydrogen-bond donors (Lipinski definition) is 2. The van der Waals surface area contributed by atoms with Crippen molar-refractivity contribution in [3.8, 4) is 0 Å². The van der Waals surface area contributed by atoms with Gasteiger partial charge in [-0.15, -0.1) is 0 Å². The van der Waals surface area contributed by atoms with Crippen molar-refractivity contribution < 1.29 is 4.79 Å². The van der Waals surface area contributed by atoms with Gasteiger partial charge in [0.05, 0.1) is 17.3 Å². The van der Waals surface area contributed by atoms with Crippen LogP contribution < -0.4 is 10.6 Å². The number of rotatable bonds is 7. The van der Waals surface area contributed by atoms with E-state index in [1.165, 1.54) is 0 Å². The molecule has 0 radical (unpaired) electrons. The van der Waals surface area contributed by atoms with Crippen molar-refractivity contribution in [2.75, 3.05) is 32.5 Å². The average molecular weight is 299 g/mol. The Balaban J connectivity index is 2.53. The molecule has 0 bridgehead atoms. The van der Waals surface area contributed by atoms with Crippen molar-refractivity contribution >= 4 is 23.3 Å². The van der Waals surface area contributed by atoms with Crippen LogP contribution in [0.15, 0.2) is 12.1 Å². The van der Waals surface area contributed by atoms with E-state index in [1.54, 1.807) is 0 Å². The van der Waals surface area contributed by atoms with Gasteiger partial charge in [-0.25, -0.2) is 4.98 Å². The van der Waals surface area contributed by atoms with Gasteiger partial charge >= 0.3 is 0 Å². The lowest BCUT2D eigenvalue weighted by Gasteiger charge is -2.17. The number of likely N-dealkylation sites (N-methyl/N-ethyl adjacent to an activating group) is 1. The number of halogens is 1. The first kappa shape index (κ1) is 16.7. The summed E-state index contributed by atoms with van der Waals surface area (Å²) in [5, 5.41) is 6.47. The smallest absolute Gasteiger partial charge is 0.234 e. The fourth-order valence-corrected chi connectivity index (χ4v) is 1.83. The van der Waals surface area contributed by atoms with Crippen molar-refractivity contribution in [1.82, 2.24) is 15.2 Å². The maximum Gasteiger partial charge on any atom is 0.234 e. The second-order valence-electron chi connectivity index (χ2n) is 5.25. The van der Waals surface area contributed by atoms with E-state index in [0.29, 0.717) is 30.6 Å². The minimum absolute atomic E-state index is 0.0158. The summed E-state index contributed by atoms with van der Waals surface area (Å²) in [6, 6.07) is 3.63. The topological polar surface area (TPSA) is 57.3 Å². The standard InChI is InChI=1S/C14H23ClN4O/c1-10(2)7-17-14(20)9-19(4)8-12-11(15)5-6-13(16-3)18-12/h5-6,10H,7-9H2,1-4H3,(H,16,18)(H,17,20). The second kappa shape index (κ2) is 8.07. The molecule has 1 aromatic heterocycles. The van der Waals surface area contributed by atoms with Gasteiger partial charge in [0.25, 0.3) is 0 Å². The van der Waals surface area contributed by atoms with Crippen LogP contribution in [0.1, 0.15) is 19.5 Å². The summed E-state index contributed by atoms with van der Waals surface area (Å²) in [7, 11) is 3.68. The molecule has 2 N–H and O–H groups in total. The van der Waals surface area contributed by atoms with E-state index in [0.717, 1.165) is 11.5 Å². The SMILES string of the molecule is CNc1ccc(Cl)c(CN(C)CC(=O)NCC(C)C)n1. The molecule has 0 aliphatic rings. The highest BCUT2D eigenvalue weighted by Gasteiger charge is 2.11. The Morgan fingerprint density at radius 3 is 2.75 bits per heavy atom. The average Bonchev–Trinajstić information content (AvgIpc) is 2.39. The van der Waals surface area contributed by atoms with Crippen molar-refractivity contribution in [1.29, 1.82) is 0 Å². The maximum atomic E-state index is 11.7. The van der Waals surface area contributed by atoms with E-state index in [4.69, 9.17) is 11.6 Å². The number of nitrogens with one attached hydrogen (secondary N) is 2. The second-order valence-corrected chi connectivity index (χ2v) is 5.65. The number of pyridine rings is 1. The Morgan fingerprint density at radius 1 is 1.45 bits per heavy atom. The zero-order chi connectivity index (χ0) is 15.1. The molecule has 5 nitrogen and oxygen atoms in total. The quantitative estimate of drug-likeness (QED) is 0.808. The van der Waals surface area contributed by atoms with Gasteiger partial charge in [0.15, 0.2) is 0 Å². The fraction of sp³-hybridized carbons (Fsp3) is 0.571. The van der Waals surface area contributed by atoms with E-state index < -0.39 is 0 Å². The van der Waals surface area contributed by atoms with E-state index >= 15 is 0 Å². The molecule has 0 aliphatic carbocycles. The molecule has 0 atom stereocenters. The molecule has 0 aromatic carbocycles. The first-order chi connectivity index (χ1) is 9.42. The Labute approximate surface area is 125 Å². The van der Waals surface area contributed by atoms with Gasteiger partial charge in [-0.1, -0.05) is 25.4 Å². The molecule has 0 saturated heterocycles.